The van der Waals surface area contributed by atoms with E-state index in [2.05, 4.69) is 15.7 Å². The Morgan fingerprint density at radius 2 is 2.47 bits per heavy atom. The van der Waals surface area contributed by atoms with E-state index in [1.807, 2.05) is 10.7 Å². The maximum atomic E-state index is 11.4. The van der Waals surface area contributed by atoms with Gasteiger partial charge in [0.25, 0.3) is 0 Å². The molecule has 0 radical (unpaired) electrons. The first-order valence-electron chi connectivity index (χ1n) is 5.88. The number of hydrogen-bond donors (Lipinski definition) is 2. The van der Waals surface area contributed by atoms with Crippen LogP contribution in [-0.4, -0.2) is 41.4 Å². The molecule has 0 fully saturated rings. The first kappa shape index (κ1) is 11.9. The van der Waals surface area contributed by atoms with Crippen molar-refractivity contribution in [2.45, 2.75) is 26.1 Å². The van der Waals surface area contributed by atoms with E-state index in [0.717, 1.165) is 31.7 Å². The third-order valence-electron chi connectivity index (χ3n) is 2.77. The van der Waals surface area contributed by atoms with Gasteiger partial charge in [-0.25, -0.2) is 4.79 Å². The molecule has 1 aromatic heterocycles. The van der Waals surface area contributed by atoms with Gasteiger partial charge in [0, 0.05) is 27.2 Å². The maximum Gasteiger partial charge on any atom is 0.317 e. The monoisotopic (exact) mass is 237 g/mol. The number of aryl methyl sites for hydroxylation is 1. The fourth-order valence-electron chi connectivity index (χ4n) is 1.83. The van der Waals surface area contributed by atoms with Gasteiger partial charge in [-0.15, -0.1) is 0 Å². The molecule has 0 bridgehead atoms. The predicted molar refractivity (Wildman–Crippen MR) is 64.5 cm³/mol. The van der Waals surface area contributed by atoms with Crippen LogP contribution in [0.25, 0.3) is 0 Å². The highest BCUT2D eigenvalue weighted by molar-refractivity contribution is 5.73. The number of aromatic nitrogens is 2. The van der Waals surface area contributed by atoms with Crippen LogP contribution in [0.4, 0.5) is 4.79 Å². The van der Waals surface area contributed by atoms with Crippen LogP contribution in [0.15, 0.2) is 6.07 Å². The average molecular weight is 237 g/mol. The number of carbonyl (C=O) groups excluding carboxylic acids is 1. The Morgan fingerprint density at radius 1 is 1.65 bits per heavy atom. The Balaban J connectivity index is 1.96. The van der Waals surface area contributed by atoms with Crippen molar-refractivity contribution in [3.8, 4) is 0 Å². The number of fused-ring (bicyclic) bond motifs is 1. The van der Waals surface area contributed by atoms with Crippen molar-refractivity contribution < 1.29 is 4.79 Å². The van der Waals surface area contributed by atoms with Gasteiger partial charge in [-0.3, -0.25) is 4.68 Å². The first-order valence-corrected chi connectivity index (χ1v) is 5.88. The second-order valence-corrected chi connectivity index (χ2v) is 4.43. The van der Waals surface area contributed by atoms with Gasteiger partial charge in [-0.05, 0) is 19.0 Å². The van der Waals surface area contributed by atoms with Gasteiger partial charge in [0.1, 0.15) is 0 Å². The van der Waals surface area contributed by atoms with Crippen LogP contribution >= 0.6 is 0 Å². The van der Waals surface area contributed by atoms with E-state index in [0.29, 0.717) is 6.54 Å². The summed E-state index contributed by atoms with van der Waals surface area (Å²) in [5, 5.41) is 10.6. The molecule has 1 aromatic rings. The summed E-state index contributed by atoms with van der Waals surface area (Å²) in [5.41, 5.74) is 2.11. The van der Waals surface area contributed by atoms with Gasteiger partial charge in [0.15, 0.2) is 0 Å². The second-order valence-electron chi connectivity index (χ2n) is 4.43. The van der Waals surface area contributed by atoms with Gasteiger partial charge in [0.05, 0.1) is 17.9 Å². The van der Waals surface area contributed by atoms with E-state index in [4.69, 9.17) is 0 Å². The Morgan fingerprint density at radius 3 is 3.24 bits per heavy atom. The van der Waals surface area contributed by atoms with Crippen LogP contribution in [0.5, 0.6) is 0 Å². The van der Waals surface area contributed by atoms with Gasteiger partial charge in [-0.2, -0.15) is 5.10 Å². The van der Waals surface area contributed by atoms with Crippen LogP contribution in [0.2, 0.25) is 0 Å². The molecule has 2 rings (SSSR count). The van der Waals surface area contributed by atoms with E-state index in [9.17, 15) is 4.79 Å². The highest BCUT2D eigenvalue weighted by Crippen LogP contribution is 2.08. The summed E-state index contributed by atoms with van der Waals surface area (Å²) in [4.78, 5) is 12.9. The van der Waals surface area contributed by atoms with E-state index in [1.54, 1.807) is 14.1 Å². The lowest BCUT2D eigenvalue weighted by Gasteiger charge is -2.10. The van der Waals surface area contributed by atoms with Crippen LogP contribution in [0, 0.1) is 0 Å². The van der Waals surface area contributed by atoms with Crippen LogP contribution in [0.3, 0.4) is 0 Å². The number of carbonyl (C=O) groups is 1. The molecule has 17 heavy (non-hydrogen) atoms. The molecule has 0 unspecified atom stereocenters. The zero-order valence-corrected chi connectivity index (χ0v) is 10.4. The lowest BCUT2D eigenvalue weighted by molar-refractivity contribution is 0.217. The minimum Gasteiger partial charge on any atom is -0.332 e. The predicted octanol–water partition coefficient (Wildman–Crippen LogP) is 0.148. The average Bonchev–Trinajstić information content (AvgIpc) is 2.56. The topological polar surface area (TPSA) is 62.2 Å². The first-order chi connectivity index (χ1) is 8.16. The molecule has 1 aliphatic heterocycles. The highest BCUT2D eigenvalue weighted by atomic mass is 16.2. The van der Waals surface area contributed by atoms with Crippen LogP contribution in [0.1, 0.15) is 17.8 Å². The SMILES string of the molecule is CN(C)C(=O)NCc1cc2n(n1)CCCNC2. The Hall–Kier alpha value is -1.56. The van der Waals surface area contributed by atoms with Crippen molar-refractivity contribution in [1.82, 2.24) is 25.3 Å². The van der Waals surface area contributed by atoms with Crippen molar-refractivity contribution in [2.24, 2.45) is 0 Å². The standard InChI is InChI=1S/C11H19N5O/c1-15(2)11(17)13-7-9-6-10-8-12-4-3-5-16(10)14-9/h6,12H,3-5,7-8H2,1-2H3,(H,13,17). The Kier molecular flexibility index (Phi) is 3.63. The third-order valence-corrected chi connectivity index (χ3v) is 2.77. The van der Waals surface area contributed by atoms with Crippen LogP contribution < -0.4 is 10.6 Å². The molecular formula is C11H19N5O. The molecule has 1 aliphatic rings. The molecule has 2 N–H and O–H groups in total. The minimum absolute atomic E-state index is 0.0914. The van der Waals surface area contributed by atoms with E-state index in [-0.39, 0.29) is 6.03 Å². The Bertz CT molecular complexity index is 375. The van der Waals surface area contributed by atoms with Gasteiger partial charge in [-0.1, -0.05) is 0 Å². The molecule has 0 aliphatic carbocycles. The molecule has 0 saturated carbocycles. The van der Waals surface area contributed by atoms with E-state index in [1.165, 1.54) is 10.6 Å². The van der Waals surface area contributed by atoms with Crippen molar-refractivity contribution in [1.29, 1.82) is 0 Å². The molecule has 0 spiro atoms. The second kappa shape index (κ2) is 5.18. The van der Waals surface area contributed by atoms with Gasteiger partial charge < -0.3 is 15.5 Å². The van der Waals surface area contributed by atoms with Gasteiger partial charge >= 0.3 is 6.03 Å². The van der Waals surface area contributed by atoms with E-state index >= 15 is 0 Å². The summed E-state index contributed by atoms with van der Waals surface area (Å²) >= 11 is 0. The van der Waals surface area contributed by atoms with Gasteiger partial charge in [0.2, 0.25) is 0 Å². The molecule has 6 heteroatoms. The summed E-state index contributed by atoms with van der Waals surface area (Å²) in [6.45, 7) is 3.33. The summed E-state index contributed by atoms with van der Waals surface area (Å²) in [7, 11) is 3.45. The van der Waals surface area contributed by atoms with E-state index < -0.39 is 0 Å². The quantitative estimate of drug-likeness (QED) is 0.769. The van der Waals surface area contributed by atoms with Crippen molar-refractivity contribution in [3.63, 3.8) is 0 Å². The molecule has 0 aromatic carbocycles. The lowest BCUT2D eigenvalue weighted by atomic mass is 10.3. The summed E-state index contributed by atoms with van der Waals surface area (Å²) < 4.78 is 2.02. The highest BCUT2D eigenvalue weighted by Gasteiger charge is 2.11. The fourth-order valence-corrected chi connectivity index (χ4v) is 1.83. The van der Waals surface area contributed by atoms with Crippen molar-refractivity contribution >= 4 is 6.03 Å². The molecule has 94 valence electrons. The third kappa shape index (κ3) is 2.97. The maximum absolute atomic E-state index is 11.4. The summed E-state index contributed by atoms with van der Waals surface area (Å²) in [6, 6.07) is 1.96. The smallest absolute Gasteiger partial charge is 0.317 e. The molecule has 0 saturated heterocycles. The molecule has 2 amide bonds. The zero-order valence-electron chi connectivity index (χ0n) is 10.4. The van der Waals surface area contributed by atoms with Crippen molar-refractivity contribution in [2.75, 3.05) is 20.6 Å². The largest absolute Gasteiger partial charge is 0.332 e. The normalized spacial score (nSPS) is 14.9. The number of rotatable bonds is 2. The Labute approximate surface area is 101 Å². The summed E-state index contributed by atoms with van der Waals surface area (Å²) in [6.07, 6.45) is 1.10. The lowest BCUT2D eigenvalue weighted by Crippen LogP contribution is -2.34. The zero-order chi connectivity index (χ0) is 12.3. The molecule has 2 heterocycles. The number of urea groups is 1. The molecular weight excluding hydrogens is 218 g/mol. The summed E-state index contributed by atoms with van der Waals surface area (Å²) in [5.74, 6) is 0. The number of amides is 2. The fraction of sp³-hybridized carbons (Fsp3) is 0.636. The molecule has 6 nitrogen and oxygen atoms in total. The van der Waals surface area contributed by atoms with Crippen molar-refractivity contribution in [3.05, 3.63) is 17.5 Å². The molecule has 0 atom stereocenters. The number of nitrogens with one attached hydrogen (secondary N) is 2. The van der Waals surface area contributed by atoms with Crippen LogP contribution in [-0.2, 0) is 19.6 Å². The minimum atomic E-state index is -0.0914. The number of nitrogens with zero attached hydrogens (tertiary/aromatic N) is 3. The number of hydrogen-bond acceptors (Lipinski definition) is 3.